The van der Waals surface area contributed by atoms with E-state index in [-0.39, 0.29) is 0 Å². The number of rotatable bonds is 8. The molecule has 1 aromatic heterocycles. The Kier molecular flexibility index (Phi) is 7.43. The van der Waals surface area contributed by atoms with Gasteiger partial charge in [0.05, 0.1) is 11.7 Å². The Bertz CT molecular complexity index is 1140. The number of alkyl halides is 3. The molecule has 182 valence electrons. The standard InChI is InChI=1S/C26H27F3O4S/c1-15-13-17(14-16(2)23(15)33-25(3,4)24(31)32)5-10-20(30)22-12-11-21(34-22)18-6-8-19(9-7-18)26(27,28)29/h6-9,11-14,20,30H,5,10H2,1-4H3,(H,31,32). The second kappa shape index (κ2) is 9.80. The van der Waals surface area contributed by atoms with Crippen molar-refractivity contribution in [3.05, 3.63) is 75.7 Å². The van der Waals surface area contributed by atoms with E-state index >= 15 is 0 Å². The van der Waals surface area contributed by atoms with Crippen LogP contribution in [0.25, 0.3) is 10.4 Å². The average molecular weight is 493 g/mol. The zero-order chi connectivity index (χ0) is 25.3. The molecule has 1 unspecified atom stereocenters. The molecule has 1 atom stereocenters. The molecule has 0 aliphatic rings. The van der Waals surface area contributed by atoms with Gasteiger partial charge in [0.1, 0.15) is 5.75 Å². The van der Waals surface area contributed by atoms with Crippen molar-refractivity contribution in [2.75, 3.05) is 0 Å². The number of carboxylic acids is 1. The van der Waals surface area contributed by atoms with Crippen LogP contribution in [0.1, 0.15) is 53.5 Å². The maximum atomic E-state index is 12.8. The molecule has 0 bridgehead atoms. The molecule has 2 N–H and O–H groups in total. The van der Waals surface area contributed by atoms with Gasteiger partial charge in [0.15, 0.2) is 5.60 Å². The van der Waals surface area contributed by atoms with Crippen LogP contribution in [0.2, 0.25) is 0 Å². The number of aliphatic carboxylic acids is 1. The SMILES string of the molecule is Cc1cc(CCC(O)c2ccc(-c3ccc(C(F)(F)F)cc3)s2)cc(C)c1OC(C)(C)C(=O)O. The highest BCUT2D eigenvalue weighted by Gasteiger charge is 2.31. The van der Waals surface area contributed by atoms with Gasteiger partial charge in [-0.1, -0.05) is 24.3 Å². The van der Waals surface area contributed by atoms with E-state index < -0.39 is 29.4 Å². The molecule has 0 radical (unpaired) electrons. The predicted octanol–water partition coefficient (Wildman–Crippen LogP) is 6.96. The number of benzene rings is 2. The average Bonchev–Trinajstić information content (AvgIpc) is 3.24. The van der Waals surface area contributed by atoms with Gasteiger partial charge in [-0.2, -0.15) is 13.2 Å². The molecule has 0 aliphatic heterocycles. The smallest absolute Gasteiger partial charge is 0.416 e. The lowest BCUT2D eigenvalue weighted by atomic mass is 10.00. The van der Waals surface area contributed by atoms with Gasteiger partial charge in [-0.05, 0) is 87.1 Å². The lowest BCUT2D eigenvalue weighted by molar-refractivity contribution is -0.152. The third-order valence-corrected chi connectivity index (χ3v) is 6.79. The first kappa shape index (κ1) is 25.8. The summed E-state index contributed by atoms with van der Waals surface area (Å²) in [4.78, 5) is 12.9. The van der Waals surface area contributed by atoms with Crippen molar-refractivity contribution < 1.29 is 32.9 Å². The summed E-state index contributed by atoms with van der Waals surface area (Å²) in [6.45, 7) is 6.71. The van der Waals surface area contributed by atoms with Gasteiger partial charge in [0.2, 0.25) is 0 Å². The van der Waals surface area contributed by atoms with Gasteiger partial charge >= 0.3 is 12.1 Å². The topological polar surface area (TPSA) is 66.8 Å². The number of carbonyl (C=O) groups is 1. The summed E-state index contributed by atoms with van der Waals surface area (Å²) in [6, 6.07) is 12.4. The minimum Gasteiger partial charge on any atom is -0.478 e. The molecular weight excluding hydrogens is 465 g/mol. The molecule has 0 aliphatic carbocycles. The van der Waals surface area contributed by atoms with E-state index in [1.807, 2.05) is 26.0 Å². The lowest BCUT2D eigenvalue weighted by Gasteiger charge is -2.24. The van der Waals surface area contributed by atoms with Crippen molar-refractivity contribution in [2.45, 2.75) is 58.4 Å². The number of halogens is 3. The quantitative estimate of drug-likeness (QED) is 0.357. The monoisotopic (exact) mass is 492 g/mol. The lowest BCUT2D eigenvalue weighted by Crippen LogP contribution is -2.38. The zero-order valence-corrected chi connectivity index (χ0v) is 20.2. The Morgan fingerprint density at radius 2 is 1.62 bits per heavy atom. The van der Waals surface area contributed by atoms with Crippen LogP contribution >= 0.6 is 11.3 Å². The largest absolute Gasteiger partial charge is 0.478 e. The van der Waals surface area contributed by atoms with E-state index in [2.05, 4.69) is 0 Å². The van der Waals surface area contributed by atoms with Crippen molar-refractivity contribution in [3.8, 4) is 16.2 Å². The Morgan fingerprint density at radius 1 is 1.03 bits per heavy atom. The molecule has 3 aromatic rings. The van der Waals surface area contributed by atoms with Crippen molar-refractivity contribution in [1.82, 2.24) is 0 Å². The summed E-state index contributed by atoms with van der Waals surface area (Å²) in [5, 5.41) is 20.0. The van der Waals surface area contributed by atoms with Gasteiger partial charge in [0, 0.05) is 9.75 Å². The number of thiophene rings is 1. The highest BCUT2D eigenvalue weighted by molar-refractivity contribution is 7.15. The Balaban J connectivity index is 1.67. The fourth-order valence-corrected chi connectivity index (χ4v) is 4.63. The Hall–Kier alpha value is -2.84. The van der Waals surface area contributed by atoms with Crippen LogP contribution in [-0.4, -0.2) is 21.8 Å². The minimum absolute atomic E-state index is 0.465. The maximum Gasteiger partial charge on any atom is 0.416 e. The third kappa shape index (κ3) is 5.98. The van der Waals surface area contributed by atoms with Crippen LogP contribution in [0.15, 0.2) is 48.5 Å². The first-order valence-corrected chi connectivity index (χ1v) is 11.6. The summed E-state index contributed by atoms with van der Waals surface area (Å²) < 4.78 is 44.1. The second-order valence-electron chi connectivity index (χ2n) is 8.81. The molecule has 0 saturated carbocycles. The first-order valence-electron chi connectivity index (χ1n) is 10.8. The number of hydrogen-bond donors (Lipinski definition) is 2. The van der Waals surface area contributed by atoms with Crippen molar-refractivity contribution >= 4 is 17.3 Å². The number of aryl methyl sites for hydroxylation is 3. The normalized spacial score (nSPS) is 13.1. The number of aliphatic hydroxyl groups is 1. The summed E-state index contributed by atoms with van der Waals surface area (Å²) in [7, 11) is 0. The molecule has 0 spiro atoms. The first-order chi connectivity index (χ1) is 15.8. The summed E-state index contributed by atoms with van der Waals surface area (Å²) in [5.41, 5.74) is 1.26. The van der Waals surface area contributed by atoms with Crippen molar-refractivity contribution in [3.63, 3.8) is 0 Å². The molecule has 3 rings (SSSR count). The second-order valence-corrected chi connectivity index (χ2v) is 9.92. The minimum atomic E-state index is -4.37. The van der Waals surface area contributed by atoms with Crippen LogP contribution in [0.4, 0.5) is 13.2 Å². The number of aliphatic hydroxyl groups excluding tert-OH is 1. The molecule has 8 heteroatoms. The Morgan fingerprint density at radius 3 is 2.15 bits per heavy atom. The fraction of sp³-hybridized carbons (Fsp3) is 0.346. The van der Waals surface area contributed by atoms with E-state index in [4.69, 9.17) is 4.74 Å². The van der Waals surface area contributed by atoms with E-state index in [9.17, 15) is 28.2 Å². The van der Waals surface area contributed by atoms with Crippen LogP contribution in [0.5, 0.6) is 5.75 Å². The molecule has 0 amide bonds. The van der Waals surface area contributed by atoms with Crippen LogP contribution < -0.4 is 4.74 Å². The summed E-state index contributed by atoms with van der Waals surface area (Å²) in [6.07, 6.45) is -4.02. The summed E-state index contributed by atoms with van der Waals surface area (Å²) >= 11 is 1.35. The van der Waals surface area contributed by atoms with Gasteiger partial charge in [-0.3, -0.25) is 0 Å². The molecule has 4 nitrogen and oxygen atoms in total. The van der Waals surface area contributed by atoms with Gasteiger partial charge in [-0.15, -0.1) is 11.3 Å². The molecule has 2 aromatic carbocycles. The third-order valence-electron chi connectivity index (χ3n) is 5.55. The number of ether oxygens (including phenoxy) is 1. The van der Waals surface area contributed by atoms with Gasteiger partial charge in [0.25, 0.3) is 0 Å². The van der Waals surface area contributed by atoms with E-state index in [0.29, 0.717) is 24.2 Å². The van der Waals surface area contributed by atoms with Crippen LogP contribution in [-0.2, 0) is 17.4 Å². The fourth-order valence-electron chi connectivity index (χ4n) is 3.60. The zero-order valence-electron chi connectivity index (χ0n) is 19.4. The van der Waals surface area contributed by atoms with E-state index in [1.165, 1.54) is 37.3 Å². The molecule has 0 saturated heterocycles. The molecular formula is C26H27F3O4S. The molecule has 0 fully saturated rings. The Labute approximate surface area is 200 Å². The highest BCUT2D eigenvalue weighted by Crippen LogP contribution is 2.36. The van der Waals surface area contributed by atoms with Gasteiger partial charge in [-0.25, -0.2) is 4.79 Å². The van der Waals surface area contributed by atoms with E-state index in [1.54, 1.807) is 12.1 Å². The van der Waals surface area contributed by atoms with Crippen LogP contribution in [0, 0.1) is 13.8 Å². The summed E-state index contributed by atoms with van der Waals surface area (Å²) in [5.74, 6) is -0.513. The number of carboxylic acid groups (broad SMARTS) is 1. The highest BCUT2D eigenvalue weighted by atomic mass is 32.1. The van der Waals surface area contributed by atoms with Crippen molar-refractivity contribution in [1.29, 1.82) is 0 Å². The van der Waals surface area contributed by atoms with Crippen molar-refractivity contribution in [2.24, 2.45) is 0 Å². The van der Waals surface area contributed by atoms with Gasteiger partial charge < -0.3 is 14.9 Å². The predicted molar refractivity (Wildman–Crippen MR) is 126 cm³/mol. The van der Waals surface area contributed by atoms with E-state index in [0.717, 1.165) is 38.6 Å². The molecule has 1 heterocycles. The number of hydrogen-bond acceptors (Lipinski definition) is 4. The molecule has 34 heavy (non-hydrogen) atoms. The maximum absolute atomic E-state index is 12.8. The van der Waals surface area contributed by atoms with Crippen LogP contribution in [0.3, 0.4) is 0 Å².